The molecule has 11 rings (SSSR count). The second-order valence-electron chi connectivity index (χ2n) is 14.3. The van der Waals surface area contributed by atoms with Crippen LogP contribution in [0.15, 0.2) is 164 Å². The SMILES string of the molecule is S=c1sc2c(n1-c1c(-c3ccc4c(c3)c3ccccc3n4-c3ccccc3)cccc1-c1ccc3c(c1)c1ccccc1n3-c1ccccc1)CCCC2. The number of hydrogen-bond acceptors (Lipinski definition) is 2. The van der Waals surface area contributed by atoms with Crippen LogP contribution in [-0.4, -0.2) is 13.7 Å². The van der Waals surface area contributed by atoms with Gasteiger partial charge in [-0.25, -0.2) is 0 Å². The summed E-state index contributed by atoms with van der Waals surface area (Å²) >= 11 is 8.09. The number of hydrogen-bond donors (Lipinski definition) is 0. The fourth-order valence-electron chi connectivity index (χ4n) is 8.94. The lowest BCUT2D eigenvalue weighted by Crippen LogP contribution is -2.09. The Morgan fingerprint density at radius 3 is 1.46 bits per heavy atom. The highest BCUT2D eigenvalue weighted by Crippen LogP contribution is 2.43. The van der Waals surface area contributed by atoms with E-state index in [0.717, 1.165) is 16.8 Å². The highest BCUT2D eigenvalue weighted by atomic mass is 32.1. The Kier molecular flexibility index (Phi) is 7.32. The number of benzene rings is 7. The predicted octanol–water partition coefficient (Wildman–Crippen LogP) is 13.7. The monoisotopic (exact) mass is 729 g/mol. The molecule has 3 aromatic heterocycles. The van der Waals surface area contributed by atoms with Crippen LogP contribution in [0.3, 0.4) is 0 Å². The summed E-state index contributed by atoms with van der Waals surface area (Å²) in [5.74, 6) is 0. The third kappa shape index (κ3) is 4.82. The van der Waals surface area contributed by atoms with E-state index < -0.39 is 0 Å². The quantitative estimate of drug-likeness (QED) is 0.161. The third-order valence-corrected chi connectivity index (χ3v) is 12.8. The number of nitrogens with zero attached hydrogens (tertiary/aromatic N) is 3. The number of fused-ring (bicyclic) bond motifs is 7. The molecule has 0 spiro atoms. The van der Waals surface area contributed by atoms with Crippen LogP contribution in [0.2, 0.25) is 0 Å². The van der Waals surface area contributed by atoms with Gasteiger partial charge in [0, 0.05) is 54.6 Å². The first-order valence-electron chi connectivity index (χ1n) is 18.8. The molecule has 0 unspecified atom stereocenters. The molecule has 0 aliphatic heterocycles. The lowest BCUT2D eigenvalue weighted by Gasteiger charge is -2.21. The van der Waals surface area contributed by atoms with Crippen molar-refractivity contribution in [3.05, 3.63) is 178 Å². The number of para-hydroxylation sites is 5. The summed E-state index contributed by atoms with van der Waals surface area (Å²) in [6.45, 7) is 0. The van der Waals surface area contributed by atoms with Gasteiger partial charge in [-0.2, -0.15) is 0 Å². The van der Waals surface area contributed by atoms with E-state index in [0.29, 0.717) is 0 Å². The number of aryl methyl sites for hydroxylation is 1. The summed E-state index contributed by atoms with van der Waals surface area (Å²) in [6.07, 6.45) is 4.56. The largest absolute Gasteiger partial charge is 0.309 e. The molecule has 1 aliphatic rings. The molecule has 5 heteroatoms. The van der Waals surface area contributed by atoms with Crippen molar-refractivity contribution >= 4 is 67.2 Å². The van der Waals surface area contributed by atoms with E-state index in [1.54, 1.807) is 11.3 Å². The van der Waals surface area contributed by atoms with Gasteiger partial charge in [-0.05, 0) is 110 Å². The molecule has 0 fully saturated rings. The smallest absolute Gasteiger partial charge is 0.166 e. The molecular formula is C49H35N3S2. The van der Waals surface area contributed by atoms with Gasteiger partial charge in [-0.1, -0.05) is 103 Å². The third-order valence-electron chi connectivity index (χ3n) is 11.3. The van der Waals surface area contributed by atoms with Gasteiger partial charge in [-0.3, -0.25) is 4.57 Å². The van der Waals surface area contributed by atoms with Gasteiger partial charge in [-0.15, -0.1) is 11.3 Å². The molecule has 0 amide bonds. The summed E-state index contributed by atoms with van der Waals surface area (Å²) in [5.41, 5.74) is 14.5. The molecule has 54 heavy (non-hydrogen) atoms. The molecule has 258 valence electrons. The van der Waals surface area contributed by atoms with Crippen LogP contribution in [0.1, 0.15) is 23.4 Å². The normalized spacial score (nSPS) is 13.0. The maximum absolute atomic E-state index is 6.29. The van der Waals surface area contributed by atoms with Crippen LogP contribution in [0.25, 0.3) is 82.9 Å². The maximum Gasteiger partial charge on any atom is 0.166 e. The molecule has 7 aromatic carbocycles. The molecule has 0 bridgehead atoms. The van der Waals surface area contributed by atoms with Crippen LogP contribution in [0.5, 0.6) is 0 Å². The van der Waals surface area contributed by atoms with E-state index in [4.69, 9.17) is 12.2 Å². The van der Waals surface area contributed by atoms with Crippen LogP contribution >= 0.6 is 23.6 Å². The van der Waals surface area contributed by atoms with Crippen molar-refractivity contribution < 1.29 is 0 Å². The number of aromatic nitrogens is 3. The minimum Gasteiger partial charge on any atom is -0.309 e. The van der Waals surface area contributed by atoms with Crippen LogP contribution < -0.4 is 0 Å². The first-order valence-corrected chi connectivity index (χ1v) is 20.0. The Hall–Kier alpha value is -6.01. The fourth-order valence-corrected chi connectivity index (χ4v) is 10.5. The average Bonchev–Trinajstić information content (AvgIpc) is 3.87. The maximum atomic E-state index is 6.29. The molecule has 0 saturated heterocycles. The van der Waals surface area contributed by atoms with E-state index in [1.807, 2.05) is 0 Å². The topological polar surface area (TPSA) is 14.8 Å². The van der Waals surface area contributed by atoms with Crippen molar-refractivity contribution in [1.82, 2.24) is 13.7 Å². The molecule has 0 atom stereocenters. The van der Waals surface area contributed by atoms with Crippen LogP contribution in [-0.2, 0) is 12.8 Å². The Morgan fingerprint density at radius 1 is 0.426 bits per heavy atom. The molecule has 0 saturated carbocycles. The van der Waals surface area contributed by atoms with Crippen molar-refractivity contribution in [2.45, 2.75) is 25.7 Å². The summed E-state index contributed by atoms with van der Waals surface area (Å²) < 4.78 is 8.14. The van der Waals surface area contributed by atoms with Crippen molar-refractivity contribution in [3.63, 3.8) is 0 Å². The molecule has 3 nitrogen and oxygen atoms in total. The zero-order chi connectivity index (χ0) is 35.8. The van der Waals surface area contributed by atoms with Crippen molar-refractivity contribution in [2.24, 2.45) is 0 Å². The molecular weight excluding hydrogens is 695 g/mol. The van der Waals surface area contributed by atoms with E-state index in [1.165, 1.54) is 106 Å². The molecule has 3 heterocycles. The predicted molar refractivity (Wildman–Crippen MR) is 231 cm³/mol. The lowest BCUT2D eigenvalue weighted by atomic mass is 9.93. The lowest BCUT2D eigenvalue weighted by molar-refractivity contribution is 0.666. The minimum atomic E-state index is 0.930. The van der Waals surface area contributed by atoms with Crippen LogP contribution in [0, 0.1) is 3.95 Å². The summed E-state index contributed by atoms with van der Waals surface area (Å²) in [7, 11) is 0. The summed E-state index contributed by atoms with van der Waals surface area (Å²) in [6, 6.07) is 59.8. The first-order chi connectivity index (χ1) is 26.7. The Labute approximate surface area is 322 Å². The highest BCUT2D eigenvalue weighted by molar-refractivity contribution is 7.73. The first kappa shape index (κ1) is 31.5. The Balaban J connectivity index is 1.18. The minimum absolute atomic E-state index is 0.930. The van der Waals surface area contributed by atoms with E-state index in [2.05, 4.69) is 177 Å². The molecule has 0 N–H and O–H groups in total. The summed E-state index contributed by atoms with van der Waals surface area (Å²) in [5, 5.41) is 4.99. The molecule has 0 radical (unpaired) electrons. The number of thiazole rings is 1. The Morgan fingerprint density at radius 2 is 0.907 bits per heavy atom. The van der Waals surface area contributed by atoms with Gasteiger partial charge in [0.05, 0.1) is 27.8 Å². The van der Waals surface area contributed by atoms with E-state index in [-0.39, 0.29) is 0 Å². The van der Waals surface area contributed by atoms with Crippen molar-refractivity contribution in [1.29, 1.82) is 0 Å². The van der Waals surface area contributed by atoms with Crippen LogP contribution in [0.4, 0.5) is 0 Å². The van der Waals surface area contributed by atoms with Gasteiger partial charge < -0.3 is 9.13 Å². The Bertz CT molecular complexity index is 2950. The standard InChI is InChI=1S/C49H35N3S2/c53-49-52(46-24-11-12-25-47(46)54-49)48-36(32-26-28-44-40(30-32)38-18-7-9-22-42(38)50(44)34-14-3-1-4-15-34)20-13-21-37(48)33-27-29-45-41(31-33)39-19-8-10-23-43(39)51(45)35-16-5-2-6-17-35/h1-10,13-23,26-31H,11-12,24-25H2. The van der Waals surface area contributed by atoms with Gasteiger partial charge >= 0.3 is 0 Å². The molecule has 1 aliphatic carbocycles. The zero-order valence-electron chi connectivity index (χ0n) is 29.6. The van der Waals surface area contributed by atoms with E-state index >= 15 is 0 Å². The second-order valence-corrected chi connectivity index (χ2v) is 16.1. The van der Waals surface area contributed by atoms with E-state index in [9.17, 15) is 0 Å². The second kappa shape index (κ2) is 12.6. The summed E-state index contributed by atoms with van der Waals surface area (Å²) in [4.78, 5) is 1.44. The van der Waals surface area contributed by atoms with Crippen molar-refractivity contribution in [2.75, 3.05) is 0 Å². The van der Waals surface area contributed by atoms with Gasteiger partial charge in [0.25, 0.3) is 0 Å². The van der Waals surface area contributed by atoms with Gasteiger partial charge in [0.1, 0.15) is 0 Å². The average molecular weight is 730 g/mol. The van der Waals surface area contributed by atoms with Crippen molar-refractivity contribution in [3.8, 4) is 39.3 Å². The fraction of sp³-hybridized carbons (Fsp3) is 0.0816. The van der Waals surface area contributed by atoms with Gasteiger partial charge in [0.15, 0.2) is 3.95 Å². The van der Waals surface area contributed by atoms with Gasteiger partial charge in [0.2, 0.25) is 0 Å². The molecule has 10 aromatic rings. The number of rotatable bonds is 5. The zero-order valence-corrected chi connectivity index (χ0v) is 31.2. The highest BCUT2D eigenvalue weighted by Gasteiger charge is 2.24.